The molecule has 4 N–H and O–H groups in total. The first kappa shape index (κ1) is 13.8. The molecule has 1 aliphatic heterocycles. The van der Waals surface area contributed by atoms with Gasteiger partial charge in [0.05, 0.1) is 0 Å². The fourth-order valence-corrected chi connectivity index (χ4v) is 2.78. The van der Waals surface area contributed by atoms with Crippen LogP contribution in [0.25, 0.3) is 0 Å². The second-order valence-corrected chi connectivity index (χ2v) is 6.51. The lowest BCUT2D eigenvalue weighted by atomic mass is 10.0. The van der Waals surface area contributed by atoms with Gasteiger partial charge in [-0.2, -0.15) is 0 Å². The standard InChI is InChI=1S/C14H16N4O2S/c15-21(19,20)12-4-6-14(17-9-12)18-11-3-5-13-10(8-11)2-1-7-16-13/h3-6,8-9,16H,1-2,7H2,(H,17,18)(H2,15,19,20). The fourth-order valence-electron chi connectivity index (χ4n) is 2.32. The number of fused-ring (bicyclic) bond motifs is 1. The normalized spacial score (nSPS) is 14.1. The second kappa shape index (κ2) is 5.34. The van der Waals surface area contributed by atoms with Crippen molar-refractivity contribution < 1.29 is 8.42 Å². The molecule has 0 fully saturated rings. The lowest BCUT2D eigenvalue weighted by Crippen LogP contribution is -2.12. The third kappa shape index (κ3) is 3.14. The highest BCUT2D eigenvalue weighted by Gasteiger charge is 2.10. The molecule has 0 saturated heterocycles. The van der Waals surface area contributed by atoms with E-state index in [1.807, 2.05) is 12.1 Å². The zero-order valence-corrected chi connectivity index (χ0v) is 12.2. The number of nitrogens with two attached hydrogens (primary N) is 1. The van der Waals surface area contributed by atoms with Gasteiger partial charge in [0.15, 0.2) is 0 Å². The minimum absolute atomic E-state index is 0.00249. The van der Waals surface area contributed by atoms with E-state index in [0.29, 0.717) is 5.82 Å². The Kier molecular flexibility index (Phi) is 3.52. The van der Waals surface area contributed by atoms with Crippen LogP contribution in [0.15, 0.2) is 41.4 Å². The third-order valence-corrected chi connectivity index (χ3v) is 4.28. The minimum Gasteiger partial charge on any atom is -0.385 e. The zero-order chi connectivity index (χ0) is 14.9. The van der Waals surface area contributed by atoms with Crippen LogP contribution in [0.4, 0.5) is 17.2 Å². The van der Waals surface area contributed by atoms with Gasteiger partial charge in [-0.05, 0) is 48.7 Å². The van der Waals surface area contributed by atoms with Crippen molar-refractivity contribution in [2.24, 2.45) is 5.14 Å². The van der Waals surface area contributed by atoms with Gasteiger partial charge in [-0.1, -0.05) is 0 Å². The van der Waals surface area contributed by atoms with Crippen molar-refractivity contribution in [1.82, 2.24) is 4.98 Å². The van der Waals surface area contributed by atoms with Crippen LogP contribution in [0.1, 0.15) is 12.0 Å². The number of anilines is 3. The Morgan fingerprint density at radius 1 is 1.24 bits per heavy atom. The van der Waals surface area contributed by atoms with E-state index in [0.717, 1.165) is 25.1 Å². The number of hydrogen-bond acceptors (Lipinski definition) is 5. The Morgan fingerprint density at radius 3 is 2.81 bits per heavy atom. The topological polar surface area (TPSA) is 97.1 Å². The average molecular weight is 304 g/mol. The molecular weight excluding hydrogens is 288 g/mol. The molecule has 21 heavy (non-hydrogen) atoms. The Labute approximate surface area is 123 Å². The number of sulfonamides is 1. The first-order valence-corrected chi connectivity index (χ1v) is 8.20. The fraction of sp³-hybridized carbons (Fsp3) is 0.214. The molecule has 0 amide bonds. The van der Waals surface area contributed by atoms with Gasteiger partial charge in [-0.15, -0.1) is 0 Å². The summed E-state index contributed by atoms with van der Waals surface area (Å²) in [4.78, 5) is 4.07. The largest absolute Gasteiger partial charge is 0.385 e. The molecule has 1 aromatic heterocycles. The van der Waals surface area contributed by atoms with E-state index in [2.05, 4.69) is 21.7 Å². The Balaban J connectivity index is 1.80. The van der Waals surface area contributed by atoms with Crippen molar-refractivity contribution in [2.75, 3.05) is 17.2 Å². The summed E-state index contributed by atoms with van der Waals surface area (Å²) in [6.45, 7) is 1.01. The maximum absolute atomic E-state index is 11.2. The molecule has 0 atom stereocenters. The van der Waals surface area contributed by atoms with Crippen LogP contribution < -0.4 is 15.8 Å². The molecule has 110 valence electrons. The molecule has 1 aliphatic rings. The molecule has 7 heteroatoms. The highest BCUT2D eigenvalue weighted by molar-refractivity contribution is 7.89. The molecule has 1 aromatic carbocycles. The van der Waals surface area contributed by atoms with Gasteiger partial charge in [0.25, 0.3) is 0 Å². The van der Waals surface area contributed by atoms with Crippen molar-refractivity contribution in [3.63, 3.8) is 0 Å². The van der Waals surface area contributed by atoms with Crippen LogP contribution in [-0.4, -0.2) is 19.9 Å². The molecular formula is C14H16N4O2S. The minimum atomic E-state index is -3.70. The number of aryl methyl sites for hydroxylation is 1. The van der Waals surface area contributed by atoms with Gasteiger partial charge >= 0.3 is 0 Å². The van der Waals surface area contributed by atoms with Gasteiger partial charge in [-0.3, -0.25) is 0 Å². The molecule has 0 bridgehead atoms. The maximum Gasteiger partial charge on any atom is 0.239 e. The van der Waals surface area contributed by atoms with Gasteiger partial charge in [0.1, 0.15) is 10.7 Å². The molecule has 0 radical (unpaired) electrons. The van der Waals surface area contributed by atoms with Gasteiger partial charge in [0, 0.05) is 24.1 Å². The molecule has 2 heterocycles. The second-order valence-electron chi connectivity index (χ2n) is 4.95. The Morgan fingerprint density at radius 2 is 2.10 bits per heavy atom. The summed E-state index contributed by atoms with van der Waals surface area (Å²) in [5, 5.41) is 11.6. The maximum atomic E-state index is 11.2. The Hall–Kier alpha value is -2.12. The predicted molar refractivity (Wildman–Crippen MR) is 82.1 cm³/mol. The van der Waals surface area contributed by atoms with Crippen molar-refractivity contribution >= 4 is 27.2 Å². The van der Waals surface area contributed by atoms with E-state index in [4.69, 9.17) is 5.14 Å². The van der Waals surface area contributed by atoms with E-state index in [1.54, 1.807) is 6.07 Å². The van der Waals surface area contributed by atoms with E-state index < -0.39 is 10.0 Å². The number of benzene rings is 1. The highest BCUT2D eigenvalue weighted by atomic mass is 32.2. The van der Waals surface area contributed by atoms with Crippen molar-refractivity contribution in [3.8, 4) is 0 Å². The van der Waals surface area contributed by atoms with E-state index in [9.17, 15) is 8.42 Å². The van der Waals surface area contributed by atoms with Crippen molar-refractivity contribution in [3.05, 3.63) is 42.1 Å². The molecule has 0 saturated carbocycles. The van der Waals surface area contributed by atoms with E-state index in [-0.39, 0.29) is 4.90 Å². The summed E-state index contributed by atoms with van der Waals surface area (Å²) in [6.07, 6.45) is 3.42. The van der Waals surface area contributed by atoms with Crippen LogP contribution in [0.2, 0.25) is 0 Å². The van der Waals surface area contributed by atoms with E-state index in [1.165, 1.54) is 23.5 Å². The number of nitrogens with zero attached hydrogens (tertiary/aromatic N) is 1. The van der Waals surface area contributed by atoms with Crippen molar-refractivity contribution in [2.45, 2.75) is 17.7 Å². The quantitative estimate of drug-likeness (QED) is 0.804. The summed E-state index contributed by atoms with van der Waals surface area (Å²) < 4.78 is 22.3. The van der Waals surface area contributed by atoms with Crippen LogP contribution in [0.3, 0.4) is 0 Å². The van der Waals surface area contributed by atoms with Crippen LogP contribution in [0.5, 0.6) is 0 Å². The van der Waals surface area contributed by atoms with Crippen LogP contribution in [0, 0.1) is 0 Å². The molecule has 0 spiro atoms. The number of aromatic nitrogens is 1. The molecule has 2 aromatic rings. The molecule has 6 nitrogen and oxygen atoms in total. The molecule has 0 aliphatic carbocycles. The lowest BCUT2D eigenvalue weighted by Gasteiger charge is -2.19. The smallest absolute Gasteiger partial charge is 0.239 e. The first-order valence-electron chi connectivity index (χ1n) is 6.65. The van der Waals surface area contributed by atoms with Crippen LogP contribution >= 0.6 is 0 Å². The number of primary sulfonamides is 1. The third-order valence-electron chi connectivity index (χ3n) is 3.38. The monoisotopic (exact) mass is 304 g/mol. The zero-order valence-electron chi connectivity index (χ0n) is 11.3. The number of pyridine rings is 1. The van der Waals surface area contributed by atoms with Gasteiger partial charge < -0.3 is 10.6 Å². The van der Waals surface area contributed by atoms with Gasteiger partial charge in [-0.25, -0.2) is 18.5 Å². The summed E-state index contributed by atoms with van der Waals surface area (Å²) in [5.41, 5.74) is 3.37. The number of hydrogen-bond donors (Lipinski definition) is 3. The summed E-state index contributed by atoms with van der Waals surface area (Å²) in [7, 11) is -3.70. The SMILES string of the molecule is NS(=O)(=O)c1ccc(Nc2ccc3c(c2)CCCN3)nc1. The molecule has 0 unspecified atom stereocenters. The predicted octanol–water partition coefficient (Wildman–Crippen LogP) is 1.83. The Bertz CT molecular complexity index is 757. The summed E-state index contributed by atoms with van der Waals surface area (Å²) >= 11 is 0. The average Bonchev–Trinajstić information content (AvgIpc) is 2.47. The lowest BCUT2D eigenvalue weighted by molar-refractivity contribution is 0.597. The summed E-state index contributed by atoms with van der Waals surface area (Å²) in [6, 6.07) is 9.11. The first-order chi connectivity index (χ1) is 10.0. The summed E-state index contributed by atoms with van der Waals surface area (Å²) in [5.74, 6) is 0.575. The van der Waals surface area contributed by atoms with Crippen LogP contribution in [-0.2, 0) is 16.4 Å². The van der Waals surface area contributed by atoms with E-state index >= 15 is 0 Å². The molecule has 3 rings (SSSR count). The number of nitrogens with one attached hydrogen (secondary N) is 2. The van der Waals surface area contributed by atoms with Crippen molar-refractivity contribution in [1.29, 1.82) is 0 Å². The van der Waals surface area contributed by atoms with Gasteiger partial charge in [0.2, 0.25) is 10.0 Å². The number of rotatable bonds is 3. The highest BCUT2D eigenvalue weighted by Crippen LogP contribution is 2.26.